The largest absolute Gasteiger partial charge is 0.338 e. The number of hydrogen-bond acceptors (Lipinski definition) is 3. The van der Waals surface area contributed by atoms with Crippen LogP contribution in [-0.2, 0) is 11.3 Å². The van der Waals surface area contributed by atoms with Gasteiger partial charge in [-0.1, -0.05) is 41.9 Å². The third-order valence-corrected chi connectivity index (χ3v) is 5.06. The molecule has 0 bridgehead atoms. The first kappa shape index (κ1) is 20.6. The van der Waals surface area contributed by atoms with Crippen molar-refractivity contribution >= 4 is 23.6 Å². The number of halogens is 1. The van der Waals surface area contributed by atoms with E-state index in [1.165, 1.54) is 0 Å². The predicted octanol–water partition coefficient (Wildman–Crippen LogP) is 5.26. The van der Waals surface area contributed by atoms with E-state index in [-0.39, 0.29) is 5.91 Å². The van der Waals surface area contributed by atoms with Gasteiger partial charge in [-0.25, -0.2) is 4.68 Å². The molecule has 31 heavy (non-hydrogen) atoms. The second-order valence-electron chi connectivity index (χ2n) is 7.11. The number of carbonyl (C=O) groups is 1. The predicted molar refractivity (Wildman–Crippen MR) is 124 cm³/mol. The van der Waals surface area contributed by atoms with Crippen LogP contribution in [-0.4, -0.2) is 32.6 Å². The summed E-state index contributed by atoms with van der Waals surface area (Å²) in [7, 11) is 1.77. The van der Waals surface area contributed by atoms with Crippen molar-refractivity contribution < 1.29 is 4.79 Å². The Morgan fingerprint density at radius 3 is 2.55 bits per heavy atom. The van der Waals surface area contributed by atoms with Crippen LogP contribution in [0.4, 0.5) is 0 Å². The average molecular weight is 429 g/mol. The van der Waals surface area contributed by atoms with Crippen LogP contribution in [0.15, 0.2) is 91.4 Å². The normalized spacial score (nSPS) is 11.0. The van der Waals surface area contributed by atoms with Crippen LogP contribution in [0.25, 0.3) is 23.0 Å². The van der Waals surface area contributed by atoms with Crippen LogP contribution in [0.1, 0.15) is 11.1 Å². The molecule has 154 valence electrons. The molecule has 0 aliphatic rings. The Morgan fingerprint density at radius 1 is 1.06 bits per heavy atom. The topological polar surface area (TPSA) is 51.0 Å². The van der Waals surface area contributed by atoms with Gasteiger partial charge in [0, 0.05) is 54.4 Å². The van der Waals surface area contributed by atoms with E-state index in [9.17, 15) is 4.79 Å². The number of carbonyl (C=O) groups excluding carboxylic acids is 1. The second-order valence-corrected chi connectivity index (χ2v) is 7.55. The molecule has 2 aromatic carbocycles. The van der Waals surface area contributed by atoms with Crippen molar-refractivity contribution in [2.45, 2.75) is 6.54 Å². The number of para-hydroxylation sites is 1. The summed E-state index contributed by atoms with van der Waals surface area (Å²) in [6.45, 7) is 0.499. The van der Waals surface area contributed by atoms with Crippen molar-refractivity contribution in [2.75, 3.05) is 7.05 Å². The maximum atomic E-state index is 12.7. The Morgan fingerprint density at radius 2 is 1.84 bits per heavy atom. The highest BCUT2D eigenvalue weighted by Crippen LogP contribution is 2.24. The summed E-state index contributed by atoms with van der Waals surface area (Å²) in [5.41, 5.74) is 4.45. The molecule has 6 heteroatoms. The first-order chi connectivity index (χ1) is 15.1. The summed E-state index contributed by atoms with van der Waals surface area (Å²) < 4.78 is 1.81. The van der Waals surface area contributed by atoms with Crippen LogP contribution in [0, 0.1) is 0 Å². The van der Waals surface area contributed by atoms with Crippen LogP contribution in [0.3, 0.4) is 0 Å². The van der Waals surface area contributed by atoms with Gasteiger partial charge in [-0.3, -0.25) is 9.78 Å². The summed E-state index contributed by atoms with van der Waals surface area (Å²) in [5.74, 6) is -0.0976. The molecule has 0 radical (unpaired) electrons. The van der Waals surface area contributed by atoms with Gasteiger partial charge in [0.25, 0.3) is 0 Å². The highest BCUT2D eigenvalue weighted by atomic mass is 35.5. The third-order valence-electron chi connectivity index (χ3n) is 4.81. The Labute approximate surface area is 186 Å². The van der Waals surface area contributed by atoms with E-state index in [0.717, 1.165) is 28.1 Å². The van der Waals surface area contributed by atoms with Gasteiger partial charge >= 0.3 is 0 Å². The number of nitrogens with zero attached hydrogens (tertiary/aromatic N) is 4. The maximum Gasteiger partial charge on any atom is 0.246 e. The highest BCUT2D eigenvalue weighted by molar-refractivity contribution is 6.30. The Bertz CT molecular complexity index is 1190. The zero-order valence-electron chi connectivity index (χ0n) is 17.0. The number of likely N-dealkylation sites (N-methyl/N-ethyl adjacent to an activating group) is 1. The Balaban J connectivity index is 1.59. The van der Waals surface area contributed by atoms with Crippen molar-refractivity contribution in [1.82, 2.24) is 19.7 Å². The molecule has 0 atom stereocenters. The summed E-state index contributed by atoms with van der Waals surface area (Å²) in [6.07, 6.45) is 8.78. The van der Waals surface area contributed by atoms with Gasteiger partial charge < -0.3 is 4.90 Å². The van der Waals surface area contributed by atoms with Gasteiger partial charge in [0.1, 0.15) is 5.69 Å². The fourth-order valence-electron chi connectivity index (χ4n) is 3.18. The minimum absolute atomic E-state index is 0.0976. The molecular formula is C25H21ClN4O. The van der Waals surface area contributed by atoms with Crippen LogP contribution < -0.4 is 0 Å². The molecule has 0 saturated heterocycles. The van der Waals surface area contributed by atoms with Gasteiger partial charge in [0.2, 0.25) is 5.91 Å². The monoisotopic (exact) mass is 428 g/mol. The molecule has 0 aliphatic carbocycles. The lowest BCUT2D eigenvalue weighted by atomic mass is 10.1. The zero-order valence-corrected chi connectivity index (χ0v) is 17.8. The lowest BCUT2D eigenvalue weighted by molar-refractivity contribution is -0.125. The lowest BCUT2D eigenvalue weighted by Gasteiger charge is -2.15. The van der Waals surface area contributed by atoms with E-state index < -0.39 is 0 Å². The molecule has 2 aromatic heterocycles. The van der Waals surface area contributed by atoms with Gasteiger partial charge in [-0.05, 0) is 48.0 Å². The van der Waals surface area contributed by atoms with Gasteiger partial charge in [0.15, 0.2) is 0 Å². The number of rotatable bonds is 6. The molecule has 0 fully saturated rings. The fourth-order valence-corrected chi connectivity index (χ4v) is 3.31. The molecule has 2 heterocycles. The van der Waals surface area contributed by atoms with E-state index in [1.54, 1.807) is 36.5 Å². The second kappa shape index (κ2) is 9.41. The third kappa shape index (κ3) is 5.08. The van der Waals surface area contributed by atoms with Crippen molar-refractivity contribution in [2.24, 2.45) is 0 Å². The molecule has 0 spiro atoms. The van der Waals surface area contributed by atoms with E-state index in [1.807, 2.05) is 77.6 Å². The van der Waals surface area contributed by atoms with Crippen LogP contribution in [0.2, 0.25) is 5.02 Å². The summed E-state index contributed by atoms with van der Waals surface area (Å²) in [4.78, 5) is 18.5. The number of hydrogen-bond donors (Lipinski definition) is 0. The van der Waals surface area contributed by atoms with Crippen molar-refractivity contribution in [3.63, 3.8) is 0 Å². The zero-order chi connectivity index (χ0) is 21.6. The van der Waals surface area contributed by atoms with Gasteiger partial charge in [0.05, 0.1) is 5.69 Å². The Hall–Kier alpha value is -3.70. The van der Waals surface area contributed by atoms with Crippen molar-refractivity contribution in [3.8, 4) is 16.9 Å². The highest BCUT2D eigenvalue weighted by Gasteiger charge is 2.12. The smallest absolute Gasteiger partial charge is 0.246 e. The van der Waals surface area contributed by atoms with Crippen LogP contribution in [0.5, 0.6) is 0 Å². The molecule has 4 aromatic rings. The average Bonchev–Trinajstić information content (AvgIpc) is 3.24. The van der Waals surface area contributed by atoms with Gasteiger partial charge in [-0.15, -0.1) is 0 Å². The van der Waals surface area contributed by atoms with E-state index in [0.29, 0.717) is 11.6 Å². The van der Waals surface area contributed by atoms with E-state index in [2.05, 4.69) is 4.98 Å². The van der Waals surface area contributed by atoms with E-state index >= 15 is 0 Å². The lowest BCUT2D eigenvalue weighted by Crippen LogP contribution is -2.24. The van der Waals surface area contributed by atoms with Crippen molar-refractivity contribution in [1.29, 1.82) is 0 Å². The molecule has 0 aliphatic heterocycles. The number of aromatic nitrogens is 3. The molecular weight excluding hydrogens is 408 g/mol. The van der Waals surface area contributed by atoms with Gasteiger partial charge in [-0.2, -0.15) is 5.10 Å². The van der Waals surface area contributed by atoms with Crippen LogP contribution >= 0.6 is 11.6 Å². The first-order valence-corrected chi connectivity index (χ1v) is 10.2. The molecule has 1 amide bonds. The number of benzene rings is 2. The summed E-state index contributed by atoms with van der Waals surface area (Å²) in [6, 6.07) is 21.2. The Kier molecular flexibility index (Phi) is 6.24. The first-order valence-electron chi connectivity index (χ1n) is 9.83. The maximum absolute atomic E-state index is 12.7. The standard InChI is InChI=1S/C25H21ClN4O/c1-29(17-19-9-12-22(26)13-10-19)24(31)14-11-21-18-30(23-7-3-2-4-8-23)28-25(21)20-6-5-15-27-16-20/h2-16,18H,17H2,1H3/b14-11+. The summed E-state index contributed by atoms with van der Waals surface area (Å²) >= 11 is 5.94. The summed E-state index contributed by atoms with van der Waals surface area (Å²) in [5, 5.41) is 5.41. The SMILES string of the molecule is CN(Cc1ccc(Cl)cc1)C(=O)/C=C/c1cn(-c2ccccc2)nc1-c1cccnc1. The molecule has 4 rings (SSSR count). The minimum Gasteiger partial charge on any atom is -0.338 e. The number of amides is 1. The quantitative estimate of drug-likeness (QED) is 0.393. The fraction of sp³-hybridized carbons (Fsp3) is 0.0800. The molecule has 0 saturated carbocycles. The van der Waals surface area contributed by atoms with E-state index in [4.69, 9.17) is 16.7 Å². The molecule has 5 nitrogen and oxygen atoms in total. The van der Waals surface area contributed by atoms with Crippen molar-refractivity contribution in [3.05, 3.63) is 108 Å². The minimum atomic E-state index is -0.0976. The molecule has 0 unspecified atom stereocenters. The molecule has 0 N–H and O–H groups in total. The number of pyridine rings is 1.